The third kappa shape index (κ3) is 1.78. The molecule has 0 fully saturated rings. The lowest BCUT2D eigenvalue weighted by molar-refractivity contribution is 0.732. The first-order chi connectivity index (χ1) is 7.63. The van der Waals surface area contributed by atoms with Gasteiger partial charge in [0.25, 0.3) is 0 Å². The van der Waals surface area contributed by atoms with Gasteiger partial charge in [0.2, 0.25) is 0 Å². The molecule has 84 valence electrons. The van der Waals surface area contributed by atoms with Crippen molar-refractivity contribution in [3.05, 3.63) is 47.2 Å². The van der Waals surface area contributed by atoms with Crippen LogP contribution in [0.4, 0.5) is 5.69 Å². The standard InChI is InChI=1S/C15H19N/c1-5-10(2)13-8-6-11(3)15-14(13)9-7-12(4)16-15/h6-10,16H,4-5H2,1-3H3. The van der Waals surface area contributed by atoms with E-state index in [0.29, 0.717) is 5.92 Å². The number of hydrogen-bond donors (Lipinski definition) is 1. The van der Waals surface area contributed by atoms with Gasteiger partial charge in [0.15, 0.2) is 0 Å². The summed E-state index contributed by atoms with van der Waals surface area (Å²) in [5.74, 6) is 0.604. The van der Waals surface area contributed by atoms with Gasteiger partial charge in [0.1, 0.15) is 0 Å². The zero-order chi connectivity index (χ0) is 11.7. The molecule has 0 saturated carbocycles. The summed E-state index contributed by atoms with van der Waals surface area (Å²) in [4.78, 5) is 0. The molecule has 1 aromatic rings. The summed E-state index contributed by atoms with van der Waals surface area (Å²) in [6.45, 7) is 10.6. The van der Waals surface area contributed by atoms with Gasteiger partial charge >= 0.3 is 0 Å². The molecule has 1 atom stereocenters. The quantitative estimate of drug-likeness (QED) is 0.764. The molecule has 0 aromatic heterocycles. The minimum absolute atomic E-state index is 0.604. The zero-order valence-electron chi connectivity index (χ0n) is 10.3. The normalized spacial score (nSPS) is 15.6. The molecule has 1 nitrogen and oxygen atoms in total. The summed E-state index contributed by atoms with van der Waals surface area (Å²) < 4.78 is 0. The number of anilines is 1. The molecule has 0 aliphatic carbocycles. The van der Waals surface area contributed by atoms with E-state index in [2.05, 4.69) is 50.9 Å². The lowest BCUT2D eigenvalue weighted by Gasteiger charge is -2.22. The Hall–Kier alpha value is -1.50. The Kier molecular flexibility index (Phi) is 2.86. The highest BCUT2D eigenvalue weighted by Gasteiger charge is 2.15. The van der Waals surface area contributed by atoms with Crippen molar-refractivity contribution in [1.29, 1.82) is 0 Å². The number of fused-ring (bicyclic) bond motifs is 1. The Labute approximate surface area is 97.9 Å². The van der Waals surface area contributed by atoms with Gasteiger partial charge in [0.05, 0.1) is 0 Å². The first-order valence-corrected chi connectivity index (χ1v) is 5.91. The van der Waals surface area contributed by atoms with Gasteiger partial charge in [-0.1, -0.05) is 38.6 Å². The maximum Gasteiger partial charge on any atom is 0.0490 e. The summed E-state index contributed by atoms with van der Waals surface area (Å²) in [5.41, 5.74) is 6.25. The van der Waals surface area contributed by atoms with Crippen LogP contribution in [0.3, 0.4) is 0 Å². The van der Waals surface area contributed by atoms with Gasteiger partial charge < -0.3 is 5.32 Å². The molecule has 1 aliphatic rings. The first kappa shape index (κ1) is 11.0. The molecule has 1 N–H and O–H groups in total. The highest BCUT2D eigenvalue weighted by molar-refractivity contribution is 5.79. The second-order valence-electron chi connectivity index (χ2n) is 4.55. The van der Waals surface area contributed by atoms with Crippen molar-refractivity contribution in [3.8, 4) is 0 Å². The fourth-order valence-corrected chi connectivity index (χ4v) is 2.13. The van der Waals surface area contributed by atoms with E-state index in [-0.39, 0.29) is 0 Å². The SMILES string of the molecule is C=C1C=Cc2c(C(C)CC)ccc(C)c2N1. The van der Waals surface area contributed by atoms with Gasteiger partial charge in [0, 0.05) is 16.9 Å². The fourth-order valence-electron chi connectivity index (χ4n) is 2.13. The smallest absolute Gasteiger partial charge is 0.0490 e. The fraction of sp³-hybridized carbons (Fsp3) is 0.333. The average Bonchev–Trinajstić information content (AvgIpc) is 2.29. The molecule has 0 radical (unpaired) electrons. The maximum atomic E-state index is 3.95. The largest absolute Gasteiger partial charge is 0.355 e. The van der Waals surface area contributed by atoms with Gasteiger partial charge in [-0.15, -0.1) is 0 Å². The Bertz CT molecular complexity index is 455. The molecule has 2 rings (SSSR count). The summed E-state index contributed by atoms with van der Waals surface area (Å²) in [7, 11) is 0. The zero-order valence-corrected chi connectivity index (χ0v) is 10.3. The van der Waals surface area contributed by atoms with Crippen LogP contribution in [0.25, 0.3) is 6.08 Å². The van der Waals surface area contributed by atoms with Gasteiger partial charge in [-0.05, 0) is 36.5 Å². The number of nitrogens with one attached hydrogen (secondary N) is 1. The predicted octanol–water partition coefficient (Wildman–Crippen LogP) is 4.46. The Morgan fingerprint density at radius 3 is 2.75 bits per heavy atom. The molecule has 1 unspecified atom stereocenters. The number of allylic oxidation sites excluding steroid dienone is 1. The molecule has 0 bridgehead atoms. The van der Waals surface area contributed by atoms with E-state index in [4.69, 9.17) is 0 Å². The van der Waals surface area contributed by atoms with E-state index in [1.165, 1.54) is 28.8 Å². The lowest BCUT2D eigenvalue weighted by Crippen LogP contribution is -2.07. The van der Waals surface area contributed by atoms with Gasteiger partial charge in [-0.2, -0.15) is 0 Å². The van der Waals surface area contributed by atoms with Crippen molar-refractivity contribution in [1.82, 2.24) is 0 Å². The van der Waals surface area contributed by atoms with Crippen molar-refractivity contribution in [2.45, 2.75) is 33.1 Å². The van der Waals surface area contributed by atoms with E-state index in [9.17, 15) is 0 Å². The van der Waals surface area contributed by atoms with Crippen LogP contribution in [-0.2, 0) is 0 Å². The van der Waals surface area contributed by atoms with Crippen molar-refractivity contribution in [2.75, 3.05) is 5.32 Å². The summed E-state index contributed by atoms with van der Waals surface area (Å²) in [5, 5.41) is 3.37. The molecule has 0 saturated heterocycles. The summed E-state index contributed by atoms with van der Waals surface area (Å²) in [6, 6.07) is 4.45. The summed E-state index contributed by atoms with van der Waals surface area (Å²) in [6.07, 6.45) is 5.40. The minimum atomic E-state index is 0.604. The van der Waals surface area contributed by atoms with Crippen molar-refractivity contribution >= 4 is 11.8 Å². The first-order valence-electron chi connectivity index (χ1n) is 5.91. The monoisotopic (exact) mass is 213 g/mol. The van der Waals surface area contributed by atoms with E-state index >= 15 is 0 Å². The molecular formula is C15H19N. The molecule has 1 aliphatic heterocycles. The molecule has 1 heteroatoms. The molecule has 0 spiro atoms. The van der Waals surface area contributed by atoms with Crippen LogP contribution in [0, 0.1) is 6.92 Å². The van der Waals surface area contributed by atoms with E-state index in [0.717, 1.165) is 5.70 Å². The molecule has 0 amide bonds. The number of aryl methyl sites for hydroxylation is 1. The van der Waals surface area contributed by atoms with Crippen molar-refractivity contribution in [2.24, 2.45) is 0 Å². The van der Waals surface area contributed by atoms with Crippen LogP contribution < -0.4 is 5.32 Å². The number of rotatable bonds is 2. The van der Waals surface area contributed by atoms with Crippen LogP contribution in [0.2, 0.25) is 0 Å². The predicted molar refractivity (Wildman–Crippen MR) is 71.7 cm³/mol. The van der Waals surface area contributed by atoms with Crippen LogP contribution >= 0.6 is 0 Å². The van der Waals surface area contributed by atoms with Crippen molar-refractivity contribution < 1.29 is 0 Å². The van der Waals surface area contributed by atoms with Crippen LogP contribution in [0.5, 0.6) is 0 Å². The van der Waals surface area contributed by atoms with Crippen LogP contribution in [0.1, 0.15) is 42.9 Å². The Morgan fingerprint density at radius 2 is 2.06 bits per heavy atom. The maximum absolute atomic E-state index is 3.95. The van der Waals surface area contributed by atoms with Gasteiger partial charge in [-0.3, -0.25) is 0 Å². The topological polar surface area (TPSA) is 12.0 Å². The van der Waals surface area contributed by atoms with Crippen LogP contribution in [-0.4, -0.2) is 0 Å². The second kappa shape index (κ2) is 4.17. The van der Waals surface area contributed by atoms with E-state index in [1.807, 2.05) is 6.08 Å². The lowest BCUT2D eigenvalue weighted by atomic mass is 9.89. The summed E-state index contributed by atoms with van der Waals surface area (Å²) >= 11 is 0. The number of hydrogen-bond acceptors (Lipinski definition) is 1. The molecule has 1 heterocycles. The minimum Gasteiger partial charge on any atom is -0.355 e. The highest BCUT2D eigenvalue weighted by atomic mass is 14.9. The second-order valence-corrected chi connectivity index (χ2v) is 4.55. The molecular weight excluding hydrogens is 194 g/mol. The van der Waals surface area contributed by atoms with E-state index in [1.54, 1.807) is 0 Å². The third-order valence-electron chi connectivity index (χ3n) is 3.37. The van der Waals surface area contributed by atoms with Crippen LogP contribution in [0.15, 0.2) is 30.5 Å². The average molecular weight is 213 g/mol. The number of benzene rings is 1. The third-order valence-corrected chi connectivity index (χ3v) is 3.37. The highest BCUT2D eigenvalue weighted by Crippen LogP contribution is 2.34. The van der Waals surface area contributed by atoms with Gasteiger partial charge in [-0.25, -0.2) is 0 Å². The Balaban J connectivity index is 2.57. The Morgan fingerprint density at radius 1 is 1.31 bits per heavy atom. The van der Waals surface area contributed by atoms with E-state index < -0.39 is 0 Å². The molecule has 1 aromatic carbocycles. The van der Waals surface area contributed by atoms with Crippen molar-refractivity contribution in [3.63, 3.8) is 0 Å². The molecule has 16 heavy (non-hydrogen) atoms.